The van der Waals surface area contributed by atoms with Crippen LogP contribution >= 0.6 is 11.6 Å². The number of fused-ring (bicyclic) bond motifs is 1. The SMILES string of the molecule is CC1(C)[C@H](NC(=O)c2ccc(CCCCCCN3CCC(c4ccc5c(c4)CN(C4CCC(=O)NC4=O)C5=O)CC3)nc2)C(C)(C)[C@H]1Oc1ccc(C#N)c(Cl)c1. The molecule has 3 aromatic rings. The molecule has 1 aromatic heterocycles. The van der Waals surface area contributed by atoms with E-state index in [2.05, 4.69) is 66.4 Å². The number of amides is 4. The van der Waals surface area contributed by atoms with Crippen molar-refractivity contribution < 1.29 is 23.9 Å². The number of unbranched alkanes of at least 4 members (excludes halogenated alkanes) is 3. The molecule has 1 aliphatic carbocycles. The van der Waals surface area contributed by atoms with Gasteiger partial charge in [-0.15, -0.1) is 0 Å². The van der Waals surface area contributed by atoms with Crippen molar-refractivity contribution in [1.29, 1.82) is 5.26 Å². The van der Waals surface area contributed by atoms with E-state index in [0.717, 1.165) is 69.4 Å². The minimum absolute atomic E-state index is 0.122. The molecule has 300 valence electrons. The topological polar surface area (TPSA) is 145 Å². The van der Waals surface area contributed by atoms with Crippen LogP contribution < -0.4 is 15.4 Å². The number of nitriles is 1. The molecule has 2 aromatic carbocycles. The van der Waals surface area contributed by atoms with Gasteiger partial charge in [-0.3, -0.25) is 29.5 Å². The molecule has 1 saturated carbocycles. The molecule has 7 rings (SSSR count). The van der Waals surface area contributed by atoms with Crippen LogP contribution in [0.1, 0.15) is 128 Å². The van der Waals surface area contributed by atoms with Crippen molar-refractivity contribution in [3.8, 4) is 11.8 Å². The molecule has 57 heavy (non-hydrogen) atoms. The van der Waals surface area contributed by atoms with Gasteiger partial charge in [-0.25, -0.2) is 0 Å². The average molecular weight is 793 g/mol. The minimum atomic E-state index is -0.585. The Morgan fingerprint density at radius 3 is 2.42 bits per heavy atom. The maximum Gasteiger partial charge on any atom is 0.255 e. The average Bonchev–Trinajstić information content (AvgIpc) is 3.52. The molecule has 4 heterocycles. The largest absolute Gasteiger partial charge is 0.489 e. The third-order valence-electron chi connectivity index (χ3n) is 12.8. The Balaban J connectivity index is 0.791. The lowest BCUT2D eigenvalue weighted by molar-refractivity contribution is -0.164. The molecule has 1 atom stereocenters. The summed E-state index contributed by atoms with van der Waals surface area (Å²) in [7, 11) is 0. The molecule has 0 spiro atoms. The number of carbonyl (C=O) groups is 4. The van der Waals surface area contributed by atoms with Gasteiger partial charge < -0.3 is 19.9 Å². The van der Waals surface area contributed by atoms with E-state index in [1.165, 1.54) is 12.0 Å². The molecule has 12 heteroatoms. The Morgan fingerprint density at radius 2 is 1.74 bits per heavy atom. The highest BCUT2D eigenvalue weighted by atomic mass is 35.5. The van der Waals surface area contributed by atoms with Crippen LogP contribution in [0.4, 0.5) is 0 Å². The zero-order valence-corrected chi connectivity index (χ0v) is 34.2. The minimum Gasteiger partial charge on any atom is -0.489 e. The number of benzene rings is 2. The summed E-state index contributed by atoms with van der Waals surface area (Å²) in [6.45, 7) is 12.0. The number of halogens is 1. The monoisotopic (exact) mass is 792 g/mol. The fourth-order valence-electron chi connectivity index (χ4n) is 9.85. The molecular formula is C45H53ClN6O5. The van der Waals surface area contributed by atoms with E-state index < -0.39 is 6.04 Å². The number of rotatable bonds is 13. The molecule has 0 radical (unpaired) electrons. The number of hydrogen-bond donors (Lipinski definition) is 2. The fourth-order valence-corrected chi connectivity index (χ4v) is 10.1. The summed E-state index contributed by atoms with van der Waals surface area (Å²) >= 11 is 6.24. The maximum absolute atomic E-state index is 13.3. The first-order valence-corrected chi connectivity index (χ1v) is 20.8. The van der Waals surface area contributed by atoms with E-state index in [1.54, 1.807) is 29.3 Å². The van der Waals surface area contributed by atoms with Gasteiger partial charge in [-0.05, 0) is 106 Å². The highest BCUT2D eigenvalue weighted by molar-refractivity contribution is 6.31. The van der Waals surface area contributed by atoms with Crippen LogP contribution in [0.25, 0.3) is 0 Å². The van der Waals surface area contributed by atoms with Gasteiger partial charge in [0.05, 0.1) is 16.1 Å². The van der Waals surface area contributed by atoms with Gasteiger partial charge in [-0.1, -0.05) is 64.3 Å². The summed E-state index contributed by atoms with van der Waals surface area (Å²) in [4.78, 5) is 59.2. The van der Waals surface area contributed by atoms with E-state index in [9.17, 15) is 24.4 Å². The van der Waals surface area contributed by atoms with Gasteiger partial charge in [0.1, 0.15) is 24.0 Å². The Labute approximate surface area is 340 Å². The summed E-state index contributed by atoms with van der Waals surface area (Å²) < 4.78 is 6.36. The van der Waals surface area contributed by atoms with E-state index in [1.807, 2.05) is 18.2 Å². The van der Waals surface area contributed by atoms with Crippen LogP contribution in [0, 0.1) is 22.2 Å². The molecule has 3 fully saturated rings. The number of ether oxygens (including phenoxy) is 1. The number of carbonyl (C=O) groups excluding carboxylic acids is 4. The number of piperidine rings is 2. The molecule has 4 aliphatic rings. The lowest BCUT2D eigenvalue weighted by Crippen LogP contribution is -2.74. The zero-order valence-electron chi connectivity index (χ0n) is 33.4. The number of imide groups is 1. The van der Waals surface area contributed by atoms with E-state index in [0.29, 0.717) is 46.3 Å². The number of nitrogens with zero attached hydrogens (tertiary/aromatic N) is 4. The first-order chi connectivity index (χ1) is 27.3. The summed E-state index contributed by atoms with van der Waals surface area (Å²) in [5, 5.41) is 15.2. The zero-order chi connectivity index (χ0) is 40.5. The second kappa shape index (κ2) is 16.6. The second-order valence-corrected chi connectivity index (χ2v) is 17.8. The molecule has 2 saturated heterocycles. The fraction of sp³-hybridized carbons (Fsp3) is 0.511. The van der Waals surface area contributed by atoms with Crippen molar-refractivity contribution in [3.63, 3.8) is 0 Å². The number of likely N-dealkylation sites (tertiary alicyclic amines) is 1. The number of pyridine rings is 1. The van der Waals surface area contributed by atoms with Gasteiger partial charge >= 0.3 is 0 Å². The summed E-state index contributed by atoms with van der Waals surface area (Å²) in [5.41, 5.74) is 4.17. The van der Waals surface area contributed by atoms with Crippen LogP contribution in [-0.2, 0) is 22.6 Å². The molecule has 0 bridgehead atoms. The first-order valence-electron chi connectivity index (χ1n) is 20.4. The van der Waals surface area contributed by atoms with Crippen LogP contribution in [0.3, 0.4) is 0 Å². The summed E-state index contributed by atoms with van der Waals surface area (Å²) in [5.74, 6) is 0.144. The lowest BCUT2D eigenvalue weighted by atomic mass is 9.49. The van der Waals surface area contributed by atoms with Crippen molar-refractivity contribution in [3.05, 3.63) is 93.3 Å². The van der Waals surface area contributed by atoms with Gasteiger partial charge in [0.2, 0.25) is 11.8 Å². The van der Waals surface area contributed by atoms with Gasteiger partial charge in [0.25, 0.3) is 11.8 Å². The van der Waals surface area contributed by atoms with E-state index in [4.69, 9.17) is 16.3 Å². The summed E-state index contributed by atoms with van der Waals surface area (Å²) in [6, 6.07) is 16.5. The van der Waals surface area contributed by atoms with Crippen molar-refractivity contribution in [2.45, 2.75) is 116 Å². The highest BCUT2D eigenvalue weighted by Crippen LogP contribution is 2.55. The normalized spacial score (nSPS) is 23.0. The first kappa shape index (κ1) is 40.4. The third-order valence-corrected chi connectivity index (χ3v) is 13.1. The van der Waals surface area contributed by atoms with Gasteiger partial charge in [0.15, 0.2) is 0 Å². The predicted octanol–water partition coefficient (Wildman–Crippen LogP) is 6.96. The lowest BCUT2D eigenvalue weighted by Gasteiger charge is -2.63. The van der Waals surface area contributed by atoms with Crippen molar-refractivity contribution in [2.24, 2.45) is 10.8 Å². The number of hydrogen-bond acceptors (Lipinski definition) is 8. The molecular weight excluding hydrogens is 740 g/mol. The van der Waals surface area contributed by atoms with E-state index in [-0.39, 0.29) is 53.0 Å². The van der Waals surface area contributed by atoms with Crippen molar-refractivity contribution in [1.82, 2.24) is 25.4 Å². The number of nitrogens with one attached hydrogen (secondary N) is 2. The van der Waals surface area contributed by atoms with Crippen LogP contribution in [-0.4, -0.2) is 76.2 Å². The molecule has 4 amide bonds. The maximum atomic E-state index is 13.3. The second-order valence-electron chi connectivity index (χ2n) is 17.4. The Hall–Kier alpha value is -4.79. The Kier molecular flexibility index (Phi) is 11.8. The summed E-state index contributed by atoms with van der Waals surface area (Å²) in [6.07, 6.45) is 9.71. The van der Waals surface area contributed by atoms with Crippen LogP contribution in [0.2, 0.25) is 5.02 Å². The Morgan fingerprint density at radius 1 is 0.982 bits per heavy atom. The Bertz CT molecular complexity index is 2050. The van der Waals surface area contributed by atoms with Gasteiger partial charge in [0, 0.05) is 53.4 Å². The van der Waals surface area contributed by atoms with Crippen molar-refractivity contribution in [2.75, 3.05) is 19.6 Å². The standard InChI is InChI=1S/C45H53ClN6O5/c1-44(2)42(45(3,4)43(44)57-34-14-11-30(25-47)36(46)24-34)50-39(54)31-10-13-33(48-26-31)9-7-5-6-8-20-51-21-18-28(19-22-51)29-12-15-35-32(23-29)27-52(41(35)56)37-16-17-38(53)49-40(37)55/h10-15,23-24,26,28,37,42-43H,5-9,16-22,27H2,1-4H3,(H,50,54)(H,49,53,55)/t37?,42-,43-. The number of aromatic nitrogens is 1. The van der Waals surface area contributed by atoms with Gasteiger partial charge in [-0.2, -0.15) is 5.26 Å². The molecule has 1 unspecified atom stereocenters. The van der Waals surface area contributed by atoms with E-state index >= 15 is 0 Å². The van der Waals surface area contributed by atoms with Crippen LogP contribution in [0.5, 0.6) is 5.75 Å². The quantitative estimate of drug-likeness (QED) is 0.140. The third kappa shape index (κ3) is 8.44. The molecule has 2 N–H and O–H groups in total. The molecule has 11 nitrogen and oxygen atoms in total. The van der Waals surface area contributed by atoms with Crippen molar-refractivity contribution >= 4 is 35.2 Å². The molecule has 3 aliphatic heterocycles. The number of aryl methyl sites for hydroxylation is 1. The highest BCUT2D eigenvalue weighted by Gasteiger charge is 2.64. The predicted molar refractivity (Wildman–Crippen MR) is 217 cm³/mol. The smallest absolute Gasteiger partial charge is 0.255 e. The van der Waals surface area contributed by atoms with Crippen LogP contribution in [0.15, 0.2) is 54.7 Å².